The summed E-state index contributed by atoms with van der Waals surface area (Å²) in [5.41, 5.74) is 3.77. The van der Waals surface area contributed by atoms with Crippen molar-refractivity contribution >= 4 is 12.6 Å². The minimum Gasteiger partial charge on any atom is -0.380 e. The van der Waals surface area contributed by atoms with Crippen molar-refractivity contribution < 1.29 is 9.57 Å². The highest BCUT2D eigenvalue weighted by Gasteiger charge is 2.30. The molecule has 206 valence electrons. The van der Waals surface area contributed by atoms with E-state index in [9.17, 15) is 0 Å². The molecular formula is C30H43N5O2S. The van der Waals surface area contributed by atoms with Gasteiger partial charge in [-0.3, -0.25) is 0 Å². The van der Waals surface area contributed by atoms with Crippen LogP contribution in [-0.2, 0) is 15.0 Å². The number of hydroxylamine groups is 2. The molecule has 0 bridgehead atoms. The molecule has 1 fully saturated rings. The summed E-state index contributed by atoms with van der Waals surface area (Å²) < 4.78 is 6.37. The Labute approximate surface area is 233 Å². The summed E-state index contributed by atoms with van der Waals surface area (Å²) in [6, 6.07) is 8.49. The van der Waals surface area contributed by atoms with Crippen LogP contribution in [0, 0.1) is 6.92 Å². The topological polar surface area (TPSA) is 73.3 Å². The maximum Gasteiger partial charge on any atom is 0.203 e. The summed E-state index contributed by atoms with van der Waals surface area (Å²) in [6.07, 6.45) is 6.47. The number of nitrogens with zero attached hydrogens (tertiary/aromatic N) is 5. The van der Waals surface area contributed by atoms with Gasteiger partial charge in [-0.05, 0) is 56.9 Å². The highest BCUT2D eigenvalue weighted by atomic mass is 32.1. The molecule has 1 aromatic heterocycles. The van der Waals surface area contributed by atoms with Crippen molar-refractivity contribution in [2.24, 2.45) is 0 Å². The van der Waals surface area contributed by atoms with Gasteiger partial charge in [0, 0.05) is 18.4 Å². The predicted molar refractivity (Wildman–Crippen MR) is 156 cm³/mol. The van der Waals surface area contributed by atoms with Crippen LogP contribution in [0.15, 0.2) is 61.2 Å². The average molecular weight is 538 g/mol. The van der Waals surface area contributed by atoms with Crippen molar-refractivity contribution in [1.29, 1.82) is 0 Å². The molecule has 2 unspecified atom stereocenters. The van der Waals surface area contributed by atoms with Crippen LogP contribution in [0.5, 0.6) is 0 Å². The van der Waals surface area contributed by atoms with Gasteiger partial charge in [-0.1, -0.05) is 64.8 Å². The van der Waals surface area contributed by atoms with E-state index >= 15 is 0 Å². The van der Waals surface area contributed by atoms with Gasteiger partial charge in [-0.25, -0.2) is 0 Å². The number of hydrogen-bond acceptors (Lipinski definition) is 8. The van der Waals surface area contributed by atoms with Crippen molar-refractivity contribution in [3.05, 3.63) is 72.5 Å². The zero-order chi connectivity index (χ0) is 27.9. The molecule has 2 aromatic rings. The first-order valence-corrected chi connectivity index (χ1v) is 14.0. The first-order chi connectivity index (χ1) is 18.0. The molecule has 1 aliphatic heterocycles. The highest BCUT2D eigenvalue weighted by Crippen LogP contribution is 2.36. The largest absolute Gasteiger partial charge is 0.380 e. The zero-order valence-electron chi connectivity index (χ0n) is 23.7. The van der Waals surface area contributed by atoms with Gasteiger partial charge >= 0.3 is 0 Å². The van der Waals surface area contributed by atoms with Gasteiger partial charge in [0.1, 0.15) is 5.76 Å². The number of benzene rings is 1. The van der Waals surface area contributed by atoms with Gasteiger partial charge < -0.3 is 9.57 Å². The Hall–Kier alpha value is -2.71. The third-order valence-corrected chi connectivity index (χ3v) is 8.28. The van der Waals surface area contributed by atoms with Crippen LogP contribution >= 0.6 is 12.6 Å². The van der Waals surface area contributed by atoms with E-state index < -0.39 is 0 Å². The Kier molecular flexibility index (Phi) is 10.1. The number of ether oxygens (including phenoxy) is 1. The van der Waals surface area contributed by atoms with E-state index in [0.29, 0.717) is 30.4 Å². The van der Waals surface area contributed by atoms with Crippen LogP contribution in [0.1, 0.15) is 84.0 Å². The molecule has 7 nitrogen and oxygen atoms in total. The number of rotatable bonds is 14. The highest BCUT2D eigenvalue weighted by molar-refractivity contribution is 7.81. The molecule has 1 aliphatic rings. The lowest BCUT2D eigenvalue weighted by molar-refractivity contribution is -0.0721. The van der Waals surface area contributed by atoms with Gasteiger partial charge in [0.2, 0.25) is 5.82 Å². The summed E-state index contributed by atoms with van der Waals surface area (Å²) in [4.78, 5) is 5.88. The van der Waals surface area contributed by atoms with Gasteiger partial charge in [-0.2, -0.15) is 17.7 Å². The van der Waals surface area contributed by atoms with E-state index in [2.05, 4.69) is 105 Å². The van der Waals surface area contributed by atoms with Gasteiger partial charge in [0.05, 0.1) is 28.9 Å². The molecule has 0 N–H and O–H groups in total. The minimum atomic E-state index is -0.196. The predicted octanol–water partition coefficient (Wildman–Crippen LogP) is 7.13. The summed E-state index contributed by atoms with van der Waals surface area (Å²) in [5, 5.41) is 18.0. The Balaban J connectivity index is 1.50. The molecule has 3 rings (SSSR count). The van der Waals surface area contributed by atoms with Crippen LogP contribution in [0.4, 0.5) is 0 Å². The summed E-state index contributed by atoms with van der Waals surface area (Å²) in [7, 11) is 0. The van der Waals surface area contributed by atoms with Crippen LogP contribution < -0.4 is 0 Å². The molecule has 0 spiro atoms. The van der Waals surface area contributed by atoms with Crippen molar-refractivity contribution in [2.75, 3.05) is 6.61 Å². The Morgan fingerprint density at radius 3 is 2.26 bits per heavy atom. The van der Waals surface area contributed by atoms with Gasteiger partial charge in [-0.15, -0.1) is 20.4 Å². The van der Waals surface area contributed by atoms with Gasteiger partial charge in [0.15, 0.2) is 5.82 Å². The third kappa shape index (κ3) is 7.44. The van der Waals surface area contributed by atoms with E-state index in [1.807, 2.05) is 0 Å². The number of thiol groups is 1. The van der Waals surface area contributed by atoms with Crippen molar-refractivity contribution in [3.63, 3.8) is 0 Å². The third-order valence-electron chi connectivity index (χ3n) is 7.79. The average Bonchev–Trinajstić information content (AvgIpc) is 3.14. The second-order valence-corrected chi connectivity index (χ2v) is 11.3. The van der Waals surface area contributed by atoms with E-state index in [4.69, 9.17) is 9.57 Å². The molecule has 0 aliphatic carbocycles. The van der Waals surface area contributed by atoms with Crippen LogP contribution in [0.2, 0.25) is 0 Å². The van der Waals surface area contributed by atoms with E-state index in [1.165, 1.54) is 5.56 Å². The molecule has 0 amide bonds. The number of allylic oxidation sites excluding steroid dienone is 1. The lowest BCUT2D eigenvalue weighted by atomic mass is 9.75. The summed E-state index contributed by atoms with van der Waals surface area (Å²) >= 11 is 4.51. The van der Waals surface area contributed by atoms with Crippen LogP contribution in [-0.4, -0.2) is 42.9 Å². The molecule has 0 radical (unpaired) electrons. The fourth-order valence-electron chi connectivity index (χ4n) is 4.62. The molecule has 2 heterocycles. The summed E-state index contributed by atoms with van der Waals surface area (Å²) in [5.74, 6) is 1.75. The minimum absolute atomic E-state index is 0.0403. The van der Waals surface area contributed by atoms with Crippen molar-refractivity contribution in [1.82, 2.24) is 25.5 Å². The van der Waals surface area contributed by atoms with Crippen molar-refractivity contribution in [2.45, 2.75) is 95.8 Å². The fourth-order valence-corrected chi connectivity index (χ4v) is 4.93. The summed E-state index contributed by atoms with van der Waals surface area (Å²) in [6.45, 7) is 23.4. The van der Waals surface area contributed by atoms with Crippen molar-refractivity contribution in [3.8, 4) is 11.4 Å². The second-order valence-electron chi connectivity index (χ2n) is 10.7. The standard InChI is InChI=1S/C30H43N5O2S/c1-9-29(7,26-14-12-25(13-15-26)28-33-31-24(6)32-34-28)17-11-18-30(8,10-2)36-19-16-22(4)37-35-21(3)20-27(38)23(35)5/h12-15,27,38H,3-5,9-11,16-20H2,1-2,6-8H3/t27-,29?,30?/m0/s1. The smallest absolute Gasteiger partial charge is 0.203 e. The molecule has 3 atom stereocenters. The monoisotopic (exact) mass is 537 g/mol. The first-order valence-electron chi connectivity index (χ1n) is 13.5. The molecule has 1 aromatic carbocycles. The first kappa shape index (κ1) is 29.8. The Morgan fingerprint density at radius 2 is 1.71 bits per heavy atom. The lowest BCUT2D eigenvalue weighted by Crippen LogP contribution is -2.30. The van der Waals surface area contributed by atoms with E-state index in [1.54, 1.807) is 12.0 Å². The normalized spacial score (nSPS) is 18.8. The molecule has 8 heteroatoms. The molecule has 1 saturated heterocycles. The lowest BCUT2D eigenvalue weighted by Gasteiger charge is -2.33. The number of aromatic nitrogens is 4. The quantitative estimate of drug-likeness (QED) is 0.203. The number of hydrogen-bond donors (Lipinski definition) is 1. The molecular weight excluding hydrogens is 494 g/mol. The fraction of sp³-hybridized carbons (Fsp3) is 0.533. The maximum atomic E-state index is 6.37. The molecule has 0 saturated carbocycles. The number of aryl methyl sites for hydroxylation is 1. The zero-order valence-corrected chi connectivity index (χ0v) is 24.6. The Bertz CT molecular complexity index is 1120. The van der Waals surface area contributed by atoms with Crippen LogP contribution in [0.3, 0.4) is 0 Å². The Morgan fingerprint density at radius 1 is 1.05 bits per heavy atom. The van der Waals surface area contributed by atoms with Gasteiger partial charge in [0.25, 0.3) is 0 Å². The van der Waals surface area contributed by atoms with E-state index in [0.717, 1.165) is 55.5 Å². The van der Waals surface area contributed by atoms with E-state index in [-0.39, 0.29) is 16.3 Å². The second kappa shape index (κ2) is 12.9. The van der Waals surface area contributed by atoms with Crippen LogP contribution in [0.25, 0.3) is 11.4 Å². The molecule has 38 heavy (non-hydrogen) atoms. The maximum absolute atomic E-state index is 6.37. The SMILES string of the molecule is C=C(CCOC(C)(CC)CCCC(C)(CC)c1ccc(-c2nnc(C)nn2)cc1)ON1C(=C)C[C@H](S)C1=C.